The average Bonchev–Trinajstić information content (AvgIpc) is 2.65. The van der Waals surface area contributed by atoms with E-state index in [2.05, 4.69) is 0 Å². The van der Waals surface area contributed by atoms with Gasteiger partial charge in [0, 0.05) is 5.56 Å². The molecule has 0 unspecified atom stereocenters. The van der Waals surface area contributed by atoms with E-state index in [0.717, 1.165) is 11.3 Å². The molecule has 0 saturated heterocycles. The number of hydrogen-bond donors (Lipinski definition) is 0. The van der Waals surface area contributed by atoms with E-state index in [0.29, 0.717) is 16.9 Å². The summed E-state index contributed by atoms with van der Waals surface area (Å²) in [4.78, 5) is 24.3. The first-order valence-corrected chi connectivity index (χ1v) is 7.45. The average molecular weight is 324 g/mol. The number of para-hydroxylation sites is 2. The summed E-state index contributed by atoms with van der Waals surface area (Å²) in [6.07, 6.45) is 1.72. The van der Waals surface area contributed by atoms with Crippen molar-refractivity contribution in [2.75, 3.05) is 20.3 Å². The van der Waals surface area contributed by atoms with Gasteiger partial charge >= 0.3 is 5.97 Å². The third-order valence-corrected chi connectivity index (χ3v) is 3.64. The first kappa shape index (κ1) is 15.8. The van der Waals surface area contributed by atoms with Crippen LogP contribution in [0.15, 0.2) is 54.1 Å². The second-order valence-electron chi connectivity index (χ2n) is 5.20. The number of ketones is 1. The molecule has 5 nitrogen and oxygen atoms in total. The number of methoxy groups -OCH3 is 1. The van der Waals surface area contributed by atoms with Crippen molar-refractivity contribution in [3.8, 4) is 11.5 Å². The van der Waals surface area contributed by atoms with E-state index in [4.69, 9.17) is 14.2 Å². The number of carbonyl (C=O) groups excluding carboxylic acids is 2. The number of carbonyl (C=O) groups is 2. The minimum atomic E-state index is -0.562. The molecule has 0 N–H and O–H groups in total. The van der Waals surface area contributed by atoms with Crippen LogP contribution in [-0.2, 0) is 9.53 Å². The third kappa shape index (κ3) is 3.30. The van der Waals surface area contributed by atoms with Crippen LogP contribution in [0.4, 0.5) is 0 Å². The predicted octanol–water partition coefficient (Wildman–Crippen LogP) is 2.90. The highest BCUT2D eigenvalue weighted by atomic mass is 16.5. The van der Waals surface area contributed by atoms with Gasteiger partial charge in [-0.3, -0.25) is 4.79 Å². The van der Waals surface area contributed by atoms with Gasteiger partial charge < -0.3 is 14.2 Å². The lowest BCUT2D eigenvalue weighted by atomic mass is 10.1. The quantitative estimate of drug-likeness (QED) is 0.625. The van der Waals surface area contributed by atoms with Gasteiger partial charge in [0.2, 0.25) is 5.78 Å². The highest BCUT2D eigenvalue weighted by Crippen LogP contribution is 2.26. The SMILES string of the molecule is COc1ccccc1C(=O)COC(=O)C1=Cc2ccccc2OC1. The second kappa shape index (κ2) is 7.00. The van der Waals surface area contributed by atoms with Gasteiger partial charge in [0.05, 0.1) is 18.2 Å². The van der Waals surface area contributed by atoms with Crippen LogP contribution in [0.2, 0.25) is 0 Å². The zero-order valence-corrected chi connectivity index (χ0v) is 13.2. The van der Waals surface area contributed by atoms with Crippen molar-refractivity contribution in [2.45, 2.75) is 0 Å². The molecule has 122 valence electrons. The van der Waals surface area contributed by atoms with Crippen LogP contribution in [-0.4, -0.2) is 32.1 Å². The molecule has 0 fully saturated rings. The number of rotatable bonds is 5. The zero-order chi connectivity index (χ0) is 16.9. The Bertz CT molecular complexity index is 807. The summed E-state index contributed by atoms with van der Waals surface area (Å²) in [6.45, 7) is -0.225. The number of Topliss-reactive ketones (excluding diaryl/α,β-unsaturated/α-hetero) is 1. The van der Waals surface area contributed by atoms with Gasteiger partial charge in [0.1, 0.15) is 18.1 Å². The Labute approximate surface area is 139 Å². The number of fused-ring (bicyclic) bond motifs is 1. The molecule has 2 aromatic carbocycles. The molecule has 3 rings (SSSR count). The summed E-state index contributed by atoms with van der Waals surface area (Å²) in [5, 5.41) is 0. The van der Waals surface area contributed by atoms with Gasteiger partial charge in [-0.2, -0.15) is 0 Å². The van der Waals surface area contributed by atoms with Gasteiger partial charge in [0.15, 0.2) is 6.61 Å². The summed E-state index contributed by atoms with van der Waals surface area (Å²) < 4.78 is 15.8. The number of benzene rings is 2. The van der Waals surface area contributed by atoms with Crippen molar-refractivity contribution >= 4 is 17.8 Å². The molecule has 2 aromatic rings. The minimum absolute atomic E-state index is 0.124. The molecule has 0 spiro atoms. The molecule has 0 saturated carbocycles. The second-order valence-corrected chi connectivity index (χ2v) is 5.20. The monoisotopic (exact) mass is 324 g/mol. The summed E-state index contributed by atoms with van der Waals surface area (Å²) in [7, 11) is 1.49. The topological polar surface area (TPSA) is 61.8 Å². The Morgan fingerprint density at radius 3 is 2.67 bits per heavy atom. The maximum Gasteiger partial charge on any atom is 0.337 e. The van der Waals surface area contributed by atoms with Gasteiger partial charge in [0.25, 0.3) is 0 Å². The molecule has 1 aliphatic heterocycles. The molecular formula is C19H16O5. The van der Waals surface area contributed by atoms with Crippen molar-refractivity contribution < 1.29 is 23.8 Å². The maximum absolute atomic E-state index is 12.2. The molecular weight excluding hydrogens is 308 g/mol. The third-order valence-electron chi connectivity index (χ3n) is 3.64. The summed E-state index contributed by atoms with van der Waals surface area (Å²) in [6, 6.07) is 14.2. The number of esters is 1. The van der Waals surface area contributed by atoms with Crippen LogP contribution in [0.5, 0.6) is 11.5 Å². The molecule has 0 bridgehead atoms. The summed E-state index contributed by atoms with van der Waals surface area (Å²) in [5.41, 5.74) is 1.57. The van der Waals surface area contributed by atoms with Crippen LogP contribution in [0.25, 0.3) is 6.08 Å². The van der Waals surface area contributed by atoms with Crippen molar-refractivity contribution in [3.63, 3.8) is 0 Å². The fourth-order valence-electron chi connectivity index (χ4n) is 2.41. The van der Waals surface area contributed by atoms with Gasteiger partial charge in [-0.05, 0) is 24.3 Å². The molecule has 0 atom stereocenters. The fourth-order valence-corrected chi connectivity index (χ4v) is 2.41. The van der Waals surface area contributed by atoms with Crippen molar-refractivity contribution in [1.82, 2.24) is 0 Å². The molecule has 1 aliphatic rings. The first-order chi connectivity index (χ1) is 11.7. The van der Waals surface area contributed by atoms with Gasteiger partial charge in [-0.1, -0.05) is 30.3 Å². The van der Waals surface area contributed by atoms with E-state index in [1.807, 2.05) is 24.3 Å². The molecule has 0 radical (unpaired) electrons. The molecule has 5 heteroatoms. The van der Waals surface area contributed by atoms with E-state index >= 15 is 0 Å². The number of ether oxygens (including phenoxy) is 3. The Kier molecular flexibility index (Phi) is 4.61. The van der Waals surface area contributed by atoms with Crippen molar-refractivity contribution in [1.29, 1.82) is 0 Å². The summed E-state index contributed by atoms with van der Waals surface area (Å²) >= 11 is 0. The predicted molar refractivity (Wildman–Crippen MR) is 88.2 cm³/mol. The van der Waals surface area contributed by atoms with Gasteiger partial charge in [-0.15, -0.1) is 0 Å². The van der Waals surface area contributed by atoms with E-state index in [1.54, 1.807) is 30.3 Å². The van der Waals surface area contributed by atoms with E-state index < -0.39 is 5.97 Å². The van der Waals surface area contributed by atoms with Crippen molar-refractivity contribution in [3.05, 3.63) is 65.2 Å². The van der Waals surface area contributed by atoms with Crippen LogP contribution < -0.4 is 9.47 Å². The van der Waals surface area contributed by atoms with Crippen LogP contribution >= 0.6 is 0 Å². The fraction of sp³-hybridized carbons (Fsp3) is 0.158. The standard InChI is InChI=1S/C19H16O5/c1-22-18-9-5-3-7-15(18)16(20)12-24-19(21)14-10-13-6-2-4-8-17(13)23-11-14/h2-10H,11-12H2,1H3. The Balaban J connectivity index is 1.66. The first-order valence-electron chi connectivity index (χ1n) is 7.45. The van der Waals surface area contributed by atoms with Crippen molar-refractivity contribution in [2.24, 2.45) is 0 Å². The number of hydrogen-bond acceptors (Lipinski definition) is 5. The Morgan fingerprint density at radius 2 is 1.83 bits per heavy atom. The zero-order valence-electron chi connectivity index (χ0n) is 13.2. The molecule has 0 aliphatic carbocycles. The van der Waals surface area contributed by atoms with E-state index in [1.165, 1.54) is 7.11 Å². The lowest BCUT2D eigenvalue weighted by Crippen LogP contribution is -2.20. The summed E-state index contributed by atoms with van der Waals surface area (Å²) in [5.74, 6) is 0.290. The maximum atomic E-state index is 12.2. The van der Waals surface area contributed by atoms with Crippen LogP contribution in [0.1, 0.15) is 15.9 Å². The molecule has 24 heavy (non-hydrogen) atoms. The lowest BCUT2D eigenvalue weighted by molar-refractivity contribution is -0.138. The molecule has 0 amide bonds. The normalized spacial score (nSPS) is 12.5. The highest BCUT2D eigenvalue weighted by molar-refractivity contribution is 6.02. The Hall–Kier alpha value is -3.08. The minimum Gasteiger partial charge on any atom is -0.496 e. The molecule has 0 aromatic heterocycles. The van der Waals surface area contributed by atoms with E-state index in [-0.39, 0.29) is 19.0 Å². The molecule has 1 heterocycles. The lowest BCUT2D eigenvalue weighted by Gasteiger charge is -2.16. The largest absolute Gasteiger partial charge is 0.496 e. The van der Waals surface area contributed by atoms with Crippen LogP contribution in [0.3, 0.4) is 0 Å². The van der Waals surface area contributed by atoms with Crippen LogP contribution in [0, 0.1) is 0 Å². The smallest absolute Gasteiger partial charge is 0.337 e. The highest BCUT2D eigenvalue weighted by Gasteiger charge is 2.20. The van der Waals surface area contributed by atoms with Gasteiger partial charge in [-0.25, -0.2) is 4.79 Å². The van der Waals surface area contributed by atoms with E-state index in [9.17, 15) is 9.59 Å². The Morgan fingerprint density at radius 1 is 1.08 bits per heavy atom.